The zero-order chi connectivity index (χ0) is 25.3. The average Bonchev–Trinajstić information content (AvgIpc) is 3.57. The lowest BCUT2D eigenvalue weighted by Gasteiger charge is -2.32. The first-order chi connectivity index (χ1) is 17.4. The molecule has 1 saturated heterocycles. The summed E-state index contributed by atoms with van der Waals surface area (Å²) in [5.74, 6) is 0.770. The monoisotopic (exact) mass is 545 g/mol. The quantitative estimate of drug-likeness (QED) is 0.317. The maximum absolute atomic E-state index is 13.7. The van der Waals surface area contributed by atoms with Gasteiger partial charge in [-0.25, -0.2) is 13.4 Å². The molecule has 0 radical (unpaired) electrons. The van der Waals surface area contributed by atoms with E-state index < -0.39 is 10.0 Å². The van der Waals surface area contributed by atoms with Gasteiger partial charge in [0.15, 0.2) is 5.13 Å². The molecule has 0 aliphatic carbocycles. The largest absolute Gasteiger partial charge is 0.497 e. The molecule has 3 heterocycles. The number of methoxy groups -OCH3 is 1. The number of furan rings is 1. The molecule has 0 spiro atoms. The molecule has 2 aromatic heterocycles. The van der Waals surface area contributed by atoms with Crippen LogP contribution in [0.5, 0.6) is 5.75 Å². The lowest BCUT2D eigenvalue weighted by molar-refractivity contribution is -0.123. The molecule has 11 heteroatoms. The second-order valence-electron chi connectivity index (χ2n) is 8.44. The van der Waals surface area contributed by atoms with Crippen LogP contribution in [0.4, 0.5) is 5.13 Å². The number of carbonyl (C=O) groups excluding carboxylic acids is 1. The van der Waals surface area contributed by atoms with Crippen molar-refractivity contribution >= 4 is 54.2 Å². The maximum atomic E-state index is 13.7. The van der Waals surface area contributed by atoms with Gasteiger partial charge in [0, 0.05) is 19.0 Å². The van der Waals surface area contributed by atoms with E-state index in [2.05, 4.69) is 4.98 Å². The predicted octanol–water partition coefficient (Wildman–Crippen LogP) is 5.19. The number of ether oxygens (including phenoxy) is 1. The van der Waals surface area contributed by atoms with Gasteiger partial charge in [-0.05, 0) is 61.4 Å². The van der Waals surface area contributed by atoms with Gasteiger partial charge >= 0.3 is 0 Å². The molecule has 1 aliphatic heterocycles. The first kappa shape index (κ1) is 24.8. The van der Waals surface area contributed by atoms with Crippen molar-refractivity contribution in [3.63, 3.8) is 0 Å². The minimum absolute atomic E-state index is 0.108. The Labute approximate surface area is 218 Å². The summed E-state index contributed by atoms with van der Waals surface area (Å²) in [4.78, 5) is 20.2. The third kappa shape index (κ3) is 4.86. The number of carbonyl (C=O) groups is 1. The standard InChI is InChI=1S/C25H24ClN3O5S2/c1-33-18-7-9-20(10-8-18)36(31,32)28-13-11-17(12-14-28)24(30)29(16-19-4-3-15-34-19)25-27-23-21(26)5-2-6-22(23)35-25/h2-10,15,17H,11-14,16H2,1H3. The zero-order valence-corrected chi connectivity index (χ0v) is 21.9. The van der Waals surface area contributed by atoms with Gasteiger partial charge in [0.05, 0.1) is 34.5 Å². The number of amides is 1. The van der Waals surface area contributed by atoms with Gasteiger partial charge in [-0.1, -0.05) is 29.0 Å². The lowest BCUT2D eigenvalue weighted by atomic mass is 9.96. The van der Waals surface area contributed by atoms with E-state index in [9.17, 15) is 13.2 Å². The molecule has 0 saturated carbocycles. The highest BCUT2D eigenvalue weighted by molar-refractivity contribution is 7.89. The summed E-state index contributed by atoms with van der Waals surface area (Å²) in [6, 6.07) is 15.4. The zero-order valence-electron chi connectivity index (χ0n) is 19.5. The Morgan fingerprint density at radius 2 is 1.92 bits per heavy atom. The number of anilines is 1. The Hall–Kier alpha value is -2.92. The van der Waals surface area contributed by atoms with E-state index in [-0.39, 0.29) is 36.4 Å². The summed E-state index contributed by atoms with van der Waals surface area (Å²) in [5, 5.41) is 1.06. The third-order valence-corrected chi connectivity index (χ3v) is 9.51. The molecule has 1 amide bonds. The van der Waals surface area contributed by atoms with Crippen molar-refractivity contribution in [2.45, 2.75) is 24.3 Å². The van der Waals surface area contributed by atoms with Crippen molar-refractivity contribution in [3.8, 4) is 5.75 Å². The maximum Gasteiger partial charge on any atom is 0.243 e. The Balaban J connectivity index is 1.35. The van der Waals surface area contributed by atoms with Gasteiger partial charge in [-0.3, -0.25) is 9.69 Å². The molecule has 5 rings (SSSR count). The average molecular weight is 546 g/mol. The second-order valence-corrected chi connectivity index (χ2v) is 11.8. The number of para-hydroxylation sites is 1. The van der Waals surface area contributed by atoms with E-state index in [0.717, 1.165) is 4.70 Å². The van der Waals surface area contributed by atoms with Crippen LogP contribution >= 0.6 is 22.9 Å². The van der Waals surface area contributed by atoms with Crippen LogP contribution in [0.25, 0.3) is 10.2 Å². The minimum Gasteiger partial charge on any atom is -0.497 e. The number of fused-ring (bicyclic) bond motifs is 1. The van der Waals surface area contributed by atoms with E-state index in [1.165, 1.54) is 34.9 Å². The molecule has 0 atom stereocenters. The van der Waals surface area contributed by atoms with Crippen LogP contribution in [0, 0.1) is 5.92 Å². The number of sulfonamides is 1. The fourth-order valence-electron chi connectivity index (χ4n) is 4.28. The number of nitrogens with zero attached hydrogens (tertiary/aromatic N) is 3. The highest BCUT2D eigenvalue weighted by Crippen LogP contribution is 2.35. The van der Waals surface area contributed by atoms with Gasteiger partial charge in [0.2, 0.25) is 15.9 Å². The first-order valence-corrected chi connectivity index (χ1v) is 14.0. The molecule has 0 N–H and O–H groups in total. The fourth-order valence-corrected chi connectivity index (χ4v) is 7.02. The number of hydrogen-bond acceptors (Lipinski definition) is 7. The van der Waals surface area contributed by atoms with Crippen molar-refractivity contribution in [1.82, 2.24) is 9.29 Å². The summed E-state index contributed by atoms with van der Waals surface area (Å²) < 4.78 is 39.2. The second kappa shape index (κ2) is 10.2. The number of rotatable bonds is 7. The summed E-state index contributed by atoms with van der Waals surface area (Å²) in [6.07, 6.45) is 2.39. The van der Waals surface area contributed by atoms with E-state index >= 15 is 0 Å². The van der Waals surface area contributed by atoms with Gasteiger partial charge in [0.1, 0.15) is 17.0 Å². The minimum atomic E-state index is -3.66. The van der Waals surface area contributed by atoms with Crippen molar-refractivity contribution in [3.05, 3.63) is 71.6 Å². The number of benzene rings is 2. The van der Waals surface area contributed by atoms with Crippen molar-refractivity contribution in [1.29, 1.82) is 0 Å². The molecule has 8 nitrogen and oxygen atoms in total. The van der Waals surface area contributed by atoms with E-state index in [0.29, 0.717) is 40.0 Å². The Bertz CT molecular complexity index is 1460. The highest BCUT2D eigenvalue weighted by Gasteiger charge is 2.35. The molecule has 4 aromatic rings. The van der Waals surface area contributed by atoms with Crippen LogP contribution in [0.15, 0.2) is 70.2 Å². The number of thiazole rings is 1. The number of halogens is 1. The van der Waals surface area contributed by atoms with Crippen LogP contribution < -0.4 is 9.64 Å². The van der Waals surface area contributed by atoms with Gasteiger partial charge in [0.25, 0.3) is 0 Å². The molecule has 1 fully saturated rings. The van der Waals surface area contributed by atoms with Gasteiger partial charge in [-0.15, -0.1) is 0 Å². The third-order valence-electron chi connectivity index (χ3n) is 6.25. The van der Waals surface area contributed by atoms with Gasteiger partial charge in [-0.2, -0.15) is 4.31 Å². The van der Waals surface area contributed by atoms with Crippen molar-refractivity contribution in [2.75, 3.05) is 25.1 Å². The predicted molar refractivity (Wildman–Crippen MR) is 139 cm³/mol. The van der Waals surface area contributed by atoms with Crippen LogP contribution in [-0.4, -0.2) is 43.8 Å². The topological polar surface area (TPSA) is 93.0 Å². The Morgan fingerprint density at radius 1 is 1.17 bits per heavy atom. The van der Waals surface area contributed by atoms with Crippen LogP contribution in [0.3, 0.4) is 0 Å². The van der Waals surface area contributed by atoms with Crippen LogP contribution in [0.2, 0.25) is 5.02 Å². The molecule has 0 unspecified atom stereocenters. The normalized spacial score (nSPS) is 15.3. The SMILES string of the molecule is COc1ccc(S(=O)(=O)N2CCC(C(=O)N(Cc3ccco3)c3nc4c(Cl)cccc4s3)CC2)cc1. The first-order valence-electron chi connectivity index (χ1n) is 11.4. The summed E-state index contributed by atoms with van der Waals surface area (Å²) in [5.41, 5.74) is 0.650. The number of piperidine rings is 1. The number of hydrogen-bond donors (Lipinski definition) is 0. The molecular formula is C25H24ClN3O5S2. The van der Waals surface area contributed by atoms with Gasteiger partial charge < -0.3 is 9.15 Å². The van der Waals surface area contributed by atoms with Crippen LogP contribution in [-0.2, 0) is 21.4 Å². The Morgan fingerprint density at radius 3 is 2.56 bits per heavy atom. The van der Waals surface area contributed by atoms with Crippen molar-refractivity contribution < 1.29 is 22.4 Å². The molecule has 0 bridgehead atoms. The summed E-state index contributed by atoms with van der Waals surface area (Å²) in [6.45, 7) is 0.740. The summed E-state index contributed by atoms with van der Waals surface area (Å²) in [7, 11) is -2.13. The fraction of sp³-hybridized carbons (Fsp3) is 0.280. The molecule has 188 valence electrons. The highest BCUT2D eigenvalue weighted by atomic mass is 35.5. The molecule has 36 heavy (non-hydrogen) atoms. The van der Waals surface area contributed by atoms with E-state index in [1.54, 1.807) is 35.4 Å². The molecule has 2 aromatic carbocycles. The Kier molecular flexibility index (Phi) is 7.03. The van der Waals surface area contributed by atoms with Crippen molar-refractivity contribution in [2.24, 2.45) is 5.92 Å². The van der Waals surface area contributed by atoms with Crippen LogP contribution in [0.1, 0.15) is 18.6 Å². The van der Waals surface area contributed by atoms with E-state index in [4.69, 9.17) is 20.8 Å². The number of aromatic nitrogens is 1. The smallest absolute Gasteiger partial charge is 0.243 e. The molecule has 1 aliphatic rings. The summed E-state index contributed by atoms with van der Waals surface area (Å²) >= 11 is 7.72. The lowest BCUT2D eigenvalue weighted by Crippen LogP contribution is -2.44. The van der Waals surface area contributed by atoms with E-state index in [1.807, 2.05) is 18.2 Å². The molecular weight excluding hydrogens is 522 g/mol.